The Hall–Kier alpha value is -0.580. The number of likely N-dealkylation sites (tertiary alicyclic amines) is 1. The molecule has 2 atom stereocenters. The highest BCUT2D eigenvalue weighted by Gasteiger charge is 2.28. The summed E-state index contributed by atoms with van der Waals surface area (Å²) in [4.78, 5) is 14.0. The van der Waals surface area contributed by atoms with E-state index in [0.717, 1.165) is 32.5 Å². The molecule has 0 radical (unpaired) electrons. The van der Waals surface area contributed by atoms with Gasteiger partial charge < -0.3 is 15.0 Å². The maximum absolute atomic E-state index is 12.0. The molecule has 1 N–H and O–H groups in total. The molecule has 0 saturated carbocycles. The average molecular weight is 277 g/mol. The van der Waals surface area contributed by atoms with Crippen molar-refractivity contribution in [3.63, 3.8) is 0 Å². The first-order chi connectivity index (χ1) is 8.19. The van der Waals surface area contributed by atoms with Crippen LogP contribution < -0.4 is 5.32 Å². The maximum atomic E-state index is 12.0. The molecule has 18 heavy (non-hydrogen) atoms. The van der Waals surface area contributed by atoms with Gasteiger partial charge >= 0.3 is 0 Å². The van der Waals surface area contributed by atoms with Crippen molar-refractivity contribution in [1.29, 1.82) is 0 Å². The Morgan fingerprint density at radius 2 is 2.39 bits per heavy atom. The molecule has 1 aliphatic heterocycles. The summed E-state index contributed by atoms with van der Waals surface area (Å²) in [7, 11) is 1.95. The summed E-state index contributed by atoms with van der Waals surface area (Å²) in [5.41, 5.74) is 0. The summed E-state index contributed by atoms with van der Waals surface area (Å²) in [6.07, 6.45) is 3.35. The second-order valence-corrected chi connectivity index (χ2v) is 4.59. The van der Waals surface area contributed by atoms with E-state index in [1.165, 1.54) is 0 Å². The Bertz CT molecular complexity index is 261. The van der Waals surface area contributed by atoms with Crippen LogP contribution in [0.25, 0.3) is 0 Å². The van der Waals surface area contributed by atoms with E-state index in [1.807, 2.05) is 18.9 Å². The van der Waals surface area contributed by atoms with Gasteiger partial charge in [0, 0.05) is 13.1 Å². The van der Waals surface area contributed by atoms with Gasteiger partial charge in [-0.3, -0.25) is 4.79 Å². The quantitative estimate of drug-likeness (QED) is 0.565. The van der Waals surface area contributed by atoms with Gasteiger partial charge in [-0.2, -0.15) is 0 Å². The fourth-order valence-corrected chi connectivity index (χ4v) is 2.14. The van der Waals surface area contributed by atoms with Crippen LogP contribution >= 0.6 is 12.4 Å². The van der Waals surface area contributed by atoms with Gasteiger partial charge in [0.1, 0.15) is 6.10 Å². The zero-order chi connectivity index (χ0) is 12.7. The van der Waals surface area contributed by atoms with Gasteiger partial charge in [-0.1, -0.05) is 6.08 Å². The van der Waals surface area contributed by atoms with Crippen LogP contribution in [0.2, 0.25) is 0 Å². The van der Waals surface area contributed by atoms with Crippen molar-refractivity contribution in [2.24, 2.45) is 5.92 Å². The number of nitrogens with one attached hydrogen (secondary N) is 1. The molecule has 106 valence electrons. The molecule has 2 unspecified atom stereocenters. The third-order valence-corrected chi connectivity index (χ3v) is 3.13. The third kappa shape index (κ3) is 5.38. The Morgan fingerprint density at radius 1 is 1.67 bits per heavy atom. The molecular weight excluding hydrogens is 252 g/mol. The van der Waals surface area contributed by atoms with Crippen molar-refractivity contribution in [2.45, 2.75) is 25.9 Å². The Balaban J connectivity index is 0.00000289. The van der Waals surface area contributed by atoms with E-state index in [4.69, 9.17) is 4.74 Å². The van der Waals surface area contributed by atoms with Gasteiger partial charge in [0.25, 0.3) is 5.91 Å². The summed E-state index contributed by atoms with van der Waals surface area (Å²) in [5, 5.41) is 3.16. The normalized spacial score (nSPS) is 20.3. The topological polar surface area (TPSA) is 41.6 Å². The van der Waals surface area contributed by atoms with Gasteiger partial charge in [-0.25, -0.2) is 0 Å². The van der Waals surface area contributed by atoms with Crippen molar-refractivity contribution in [2.75, 3.05) is 33.3 Å². The molecular formula is C13H25ClN2O2. The summed E-state index contributed by atoms with van der Waals surface area (Å²) < 4.78 is 5.47. The molecule has 0 spiro atoms. The summed E-state index contributed by atoms with van der Waals surface area (Å²) in [6, 6.07) is 0. The standard InChI is InChI=1S/C13H24N2O2.ClH/c1-4-5-8-17-11(2)13(16)15-7-6-12(10-15)9-14-3;/h4,11-12,14H,1,5-10H2,2-3H3;1H. The number of halogens is 1. The first-order valence-electron chi connectivity index (χ1n) is 6.35. The second-order valence-electron chi connectivity index (χ2n) is 4.59. The van der Waals surface area contributed by atoms with Crippen molar-refractivity contribution in [3.05, 3.63) is 12.7 Å². The average Bonchev–Trinajstić information content (AvgIpc) is 2.77. The molecule has 1 aliphatic rings. The lowest BCUT2D eigenvalue weighted by Gasteiger charge is -2.21. The van der Waals surface area contributed by atoms with Crippen molar-refractivity contribution < 1.29 is 9.53 Å². The Kier molecular flexibility index (Phi) is 9.06. The number of amides is 1. The number of ether oxygens (including phenoxy) is 1. The monoisotopic (exact) mass is 276 g/mol. The second kappa shape index (κ2) is 9.36. The molecule has 1 fully saturated rings. The Labute approximate surface area is 116 Å². The smallest absolute Gasteiger partial charge is 0.251 e. The lowest BCUT2D eigenvalue weighted by molar-refractivity contribution is -0.141. The van der Waals surface area contributed by atoms with E-state index < -0.39 is 0 Å². The maximum Gasteiger partial charge on any atom is 0.251 e. The summed E-state index contributed by atoms with van der Waals surface area (Å²) in [6.45, 7) is 8.73. The fourth-order valence-electron chi connectivity index (χ4n) is 2.14. The van der Waals surface area contributed by atoms with E-state index >= 15 is 0 Å². The molecule has 0 aromatic carbocycles. The highest BCUT2D eigenvalue weighted by molar-refractivity contribution is 5.85. The molecule has 0 aliphatic carbocycles. The van der Waals surface area contributed by atoms with Crippen molar-refractivity contribution in [1.82, 2.24) is 10.2 Å². The Morgan fingerprint density at radius 3 is 3.00 bits per heavy atom. The van der Waals surface area contributed by atoms with Crippen LogP contribution in [0.3, 0.4) is 0 Å². The SMILES string of the molecule is C=CCCOC(C)C(=O)N1CCC(CNC)C1.Cl. The lowest BCUT2D eigenvalue weighted by Crippen LogP contribution is -2.38. The van der Waals surface area contributed by atoms with Crippen LogP contribution in [-0.2, 0) is 9.53 Å². The fraction of sp³-hybridized carbons (Fsp3) is 0.769. The lowest BCUT2D eigenvalue weighted by atomic mass is 10.1. The molecule has 1 rings (SSSR count). The number of rotatable bonds is 7. The molecule has 0 aromatic rings. The van der Waals surface area contributed by atoms with Crippen LogP contribution in [0, 0.1) is 5.92 Å². The van der Waals surface area contributed by atoms with Crippen LogP contribution in [0.4, 0.5) is 0 Å². The van der Waals surface area contributed by atoms with Gasteiger partial charge in [0.15, 0.2) is 0 Å². The predicted molar refractivity (Wildman–Crippen MR) is 76.1 cm³/mol. The molecule has 0 aromatic heterocycles. The van der Waals surface area contributed by atoms with Crippen LogP contribution in [0.15, 0.2) is 12.7 Å². The number of hydrogen-bond donors (Lipinski definition) is 1. The van der Waals surface area contributed by atoms with Crippen LogP contribution in [-0.4, -0.2) is 50.2 Å². The summed E-state index contributed by atoms with van der Waals surface area (Å²) >= 11 is 0. The first kappa shape index (κ1) is 17.4. The number of nitrogens with zero attached hydrogens (tertiary/aromatic N) is 1. The van der Waals surface area contributed by atoms with Gasteiger partial charge in [0.2, 0.25) is 0 Å². The zero-order valence-corrected chi connectivity index (χ0v) is 12.2. The van der Waals surface area contributed by atoms with Crippen molar-refractivity contribution >= 4 is 18.3 Å². The highest BCUT2D eigenvalue weighted by Crippen LogP contribution is 2.16. The largest absolute Gasteiger partial charge is 0.368 e. The van der Waals surface area contributed by atoms with Gasteiger partial charge in [-0.05, 0) is 39.3 Å². The van der Waals surface area contributed by atoms with E-state index in [-0.39, 0.29) is 24.4 Å². The first-order valence-corrected chi connectivity index (χ1v) is 6.35. The minimum Gasteiger partial charge on any atom is -0.368 e. The van der Waals surface area contributed by atoms with E-state index in [0.29, 0.717) is 12.5 Å². The minimum atomic E-state index is -0.330. The number of carbonyl (C=O) groups excluding carboxylic acids is 1. The molecule has 4 nitrogen and oxygen atoms in total. The van der Waals surface area contributed by atoms with Crippen molar-refractivity contribution in [3.8, 4) is 0 Å². The van der Waals surface area contributed by atoms with E-state index in [9.17, 15) is 4.79 Å². The van der Waals surface area contributed by atoms with E-state index in [2.05, 4.69) is 11.9 Å². The summed E-state index contributed by atoms with van der Waals surface area (Å²) in [5.74, 6) is 0.706. The zero-order valence-electron chi connectivity index (χ0n) is 11.4. The predicted octanol–water partition coefficient (Wildman–Crippen LogP) is 1.46. The number of carbonyl (C=O) groups is 1. The highest BCUT2D eigenvalue weighted by atomic mass is 35.5. The molecule has 1 heterocycles. The molecule has 1 saturated heterocycles. The van der Waals surface area contributed by atoms with Crippen LogP contribution in [0.1, 0.15) is 19.8 Å². The number of hydrogen-bond acceptors (Lipinski definition) is 3. The van der Waals surface area contributed by atoms with E-state index in [1.54, 1.807) is 6.08 Å². The van der Waals surface area contributed by atoms with Crippen LogP contribution in [0.5, 0.6) is 0 Å². The minimum absolute atomic E-state index is 0. The molecule has 1 amide bonds. The third-order valence-electron chi connectivity index (χ3n) is 3.13. The van der Waals surface area contributed by atoms with Gasteiger partial charge in [-0.15, -0.1) is 19.0 Å². The molecule has 0 bridgehead atoms. The van der Waals surface area contributed by atoms with Gasteiger partial charge in [0.05, 0.1) is 6.61 Å². The molecule has 5 heteroatoms.